The molecule has 3 aliphatic rings. The molecule has 0 aromatic heterocycles. The molecule has 0 amide bonds. The summed E-state index contributed by atoms with van der Waals surface area (Å²) in [4.78, 5) is 0. The number of nitrogens with one attached hydrogen (secondary N) is 3. The highest BCUT2D eigenvalue weighted by Gasteiger charge is 2.39. The first-order valence-corrected chi connectivity index (χ1v) is 7.30. The van der Waals surface area contributed by atoms with E-state index >= 15 is 0 Å². The van der Waals surface area contributed by atoms with Crippen LogP contribution in [0.1, 0.15) is 32.1 Å². The minimum atomic E-state index is 0.378. The van der Waals surface area contributed by atoms with Gasteiger partial charge in [-0.3, -0.25) is 0 Å². The minimum absolute atomic E-state index is 0.378. The van der Waals surface area contributed by atoms with E-state index in [4.69, 9.17) is 5.73 Å². The summed E-state index contributed by atoms with van der Waals surface area (Å²) in [7, 11) is 0. The van der Waals surface area contributed by atoms with E-state index in [1.165, 1.54) is 32.2 Å². The molecule has 0 saturated carbocycles. The van der Waals surface area contributed by atoms with Gasteiger partial charge in [-0.2, -0.15) is 0 Å². The molecular weight excluding hydrogens is 212 g/mol. The number of fused-ring (bicyclic) bond motifs is 1. The number of piperidine rings is 3. The van der Waals surface area contributed by atoms with Gasteiger partial charge in [0.05, 0.1) is 0 Å². The zero-order chi connectivity index (χ0) is 11.7. The van der Waals surface area contributed by atoms with Gasteiger partial charge in [0, 0.05) is 36.6 Å². The molecule has 0 aromatic carbocycles. The Morgan fingerprint density at radius 1 is 0.941 bits per heavy atom. The van der Waals surface area contributed by atoms with Crippen LogP contribution in [0, 0.1) is 5.92 Å². The third kappa shape index (κ3) is 2.50. The van der Waals surface area contributed by atoms with Crippen molar-refractivity contribution in [2.45, 2.75) is 56.3 Å². The molecule has 3 heterocycles. The first-order valence-electron chi connectivity index (χ1n) is 7.30. The average Bonchev–Trinajstić information content (AvgIpc) is 2.40. The SMILES string of the molecule is NC1CC(C2CCCCN2)NC2CCNCC12. The molecule has 3 saturated heterocycles. The number of hydrogen-bond donors (Lipinski definition) is 4. The first-order chi connectivity index (χ1) is 8.34. The van der Waals surface area contributed by atoms with E-state index in [9.17, 15) is 0 Å². The molecular formula is C13H26N4. The second-order valence-corrected chi connectivity index (χ2v) is 5.99. The van der Waals surface area contributed by atoms with Gasteiger partial charge in [-0.25, -0.2) is 0 Å². The molecule has 3 fully saturated rings. The van der Waals surface area contributed by atoms with Crippen molar-refractivity contribution in [1.29, 1.82) is 0 Å². The van der Waals surface area contributed by atoms with Crippen LogP contribution < -0.4 is 21.7 Å². The normalized spacial score (nSPS) is 47.5. The van der Waals surface area contributed by atoms with E-state index in [1.54, 1.807) is 0 Å². The van der Waals surface area contributed by atoms with Gasteiger partial charge in [-0.05, 0) is 38.8 Å². The van der Waals surface area contributed by atoms with Gasteiger partial charge in [0.1, 0.15) is 0 Å². The molecule has 5 atom stereocenters. The van der Waals surface area contributed by atoms with Crippen molar-refractivity contribution in [2.75, 3.05) is 19.6 Å². The van der Waals surface area contributed by atoms with Crippen LogP contribution in [0.15, 0.2) is 0 Å². The molecule has 3 aliphatic heterocycles. The largest absolute Gasteiger partial charge is 0.327 e. The Morgan fingerprint density at radius 3 is 2.71 bits per heavy atom. The van der Waals surface area contributed by atoms with E-state index in [2.05, 4.69) is 16.0 Å². The lowest BCUT2D eigenvalue weighted by molar-refractivity contribution is 0.135. The molecule has 0 radical (unpaired) electrons. The summed E-state index contributed by atoms with van der Waals surface area (Å²) < 4.78 is 0. The fraction of sp³-hybridized carbons (Fsp3) is 1.00. The van der Waals surface area contributed by atoms with Crippen LogP contribution in [0.5, 0.6) is 0 Å². The molecule has 5 N–H and O–H groups in total. The van der Waals surface area contributed by atoms with Crippen LogP contribution in [0.2, 0.25) is 0 Å². The second kappa shape index (κ2) is 5.22. The van der Waals surface area contributed by atoms with Gasteiger partial charge in [0.25, 0.3) is 0 Å². The third-order valence-electron chi connectivity index (χ3n) is 4.87. The Labute approximate surface area is 104 Å². The molecule has 0 spiro atoms. The van der Waals surface area contributed by atoms with Crippen LogP contribution in [0.4, 0.5) is 0 Å². The second-order valence-electron chi connectivity index (χ2n) is 5.99. The molecule has 17 heavy (non-hydrogen) atoms. The predicted molar refractivity (Wildman–Crippen MR) is 69.9 cm³/mol. The summed E-state index contributed by atoms with van der Waals surface area (Å²) in [5.41, 5.74) is 6.38. The predicted octanol–water partition coefficient (Wildman–Crippen LogP) is -0.204. The maximum absolute atomic E-state index is 6.38. The smallest absolute Gasteiger partial charge is 0.0238 e. The van der Waals surface area contributed by atoms with E-state index in [-0.39, 0.29) is 0 Å². The molecule has 3 rings (SSSR count). The number of nitrogens with two attached hydrogens (primary N) is 1. The van der Waals surface area contributed by atoms with Crippen LogP contribution in [-0.2, 0) is 0 Å². The maximum atomic E-state index is 6.38. The Hall–Kier alpha value is -0.160. The summed E-state index contributed by atoms with van der Waals surface area (Å²) in [6.07, 6.45) is 6.41. The molecule has 0 aromatic rings. The fourth-order valence-corrected chi connectivity index (χ4v) is 3.85. The molecule has 5 unspecified atom stereocenters. The highest BCUT2D eigenvalue weighted by atomic mass is 15.1. The zero-order valence-electron chi connectivity index (χ0n) is 10.6. The topological polar surface area (TPSA) is 62.1 Å². The number of hydrogen-bond acceptors (Lipinski definition) is 4. The van der Waals surface area contributed by atoms with Crippen molar-refractivity contribution in [3.05, 3.63) is 0 Å². The lowest BCUT2D eigenvalue weighted by Gasteiger charge is -2.47. The maximum Gasteiger partial charge on any atom is 0.0238 e. The number of rotatable bonds is 1. The third-order valence-corrected chi connectivity index (χ3v) is 4.87. The quantitative estimate of drug-likeness (QED) is 0.511. The Morgan fingerprint density at radius 2 is 1.88 bits per heavy atom. The van der Waals surface area contributed by atoms with Gasteiger partial charge in [-0.15, -0.1) is 0 Å². The van der Waals surface area contributed by atoms with Crippen molar-refractivity contribution in [3.8, 4) is 0 Å². The van der Waals surface area contributed by atoms with Crippen LogP contribution in [0.25, 0.3) is 0 Å². The Balaban J connectivity index is 1.63. The van der Waals surface area contributed by atoms with Gasteiger partial charge >= 0.3 is 0 Å². The lowest BCUT2D eigenvalue weighted by atomic mass is 9.77. The van der Waals surface area contributed by atoms with Gasteiger partial charge < -0.3 is 21.7 Å². The molecule has 0 bridgehead atoms. The van der Waals surface area contributed by atoms with Crippen LogP contribution >= 0.6 is 0 Å². The Kier molecular flexibility index (Phi) is 3.66. The van der Waals surface area contributed by atoms with Gasteiger partial charge in [0.2, 0.25) is 0 Å². The highest BCUT2D eigenvalue weighted by molar-refractivity contribution is 5.01. The van der Waals surface area contributed by atoms with Gasteiger partial charge in [-0.1, -0.05) is 6.42 Å². The lowest BCUT2D eigenvalue weighted by Crippen LogP contribution is -2.66. The highest BCUT2D eigenvalue weighted by Crippen LogP contribution is 2.26. The monoisotopic (exact) mass is 238 g/mol. The van der Waals surface area contributed by atoms with Gasteiger partial charge in [0.15, 0.2) is 0 Å². The standard InChI is InChI=1S/C13H26N4/c14-10-7-13(12-3-1-2-5-16-12)17-11-4-6-15-8-9(10)11/h9-13,15-17H,1-8,14H2. The summed E-state index contributed by atoms with van der Waals surface area (Å²) in [6.45, 7) is 3.43. The summed E-state index contributed by atoms with van der Waals surface area (Å²) in [5.74, 6) is 0.642. The summed E-state index contributed by atoms with van der Waals surface area (Å²) in [6, 6.07) is 2.28. The van der Waals surface area contributed by atoms with Crippen LogP contribution in [0.3, 0.4) is 0 Å². The summed E-state index contributed by atoms with van der Waals surface area (Å²) >= 11 is 0. The van der Waals surface area contributed by atoms with E-state index in [0.717, 1.165) is 19.5 Å². The molecule has 4 nitrogen and oxygen atoms in total. The average molecular weight is 238 g/mol. The van der Waals surface area contributed by atoms with Crippen molar-refractivity contribution in [3.63, 3.8) is 0 Å². The first kappa shape index (κ1) is 11.9. The van der Waals surface area contributed by atoms with Crippen molar-refractivity contribution in [1.82, 2.24) is 16.0 Å². The van der Waals surface area contributed by atoms with Crippen molar-refractivity contribution >= 4 is 0 Å². The Bertz CT molecular complexity index is 252. The zero-order valence-corrected chi connectivity index (χ0v) is 10.6. The van der Waals surface area contributed by atoms with E-state index < -0.39 is 0 Å². The van der Waals surface area contributed by atoms with E-state index in [0.29, 0.717) is 30.1 Å². The van der Waals surface area contributed by atoms with Crippen molar-refractivity contribution in [2.24, 2.45) is 11.7 Å². The molecule has 98 valence electrons. The van der Waals surface area contributed by atoms with Crippen LogP contribution in [-0.4, -0.2) is 43.8 Å². The minimum Gasteiger partial charge on any atom is -0.327 e. The van der Waals surface area contributed by atoms with Crippen molar-refractivity contribution < 1.29 is 0 Å². The van der Waals surface area contributed by atoms with E-state index in [1.807, 2.05) is 0 Å². The fourth-order valence-electron chi connectivity index (χ4n) is 3.85. The molecule has 0 aliphatic carbocycles. The molecule has 4 heteroatoms. The summed E-state index contributed by atoms with van der Waals surface area (Å²) in [5, 5.41) is 11.0.